The van der Waals surface area contributed by atoms with Crippen LogP contribution in [-0.4, -0.2) is 81.7 Å². The van der Waals surface area contributed by atoms with Gasteiger partial charge in [-0.25, -0.2) is 15.0 Å². The van der Waals surface area contributed by atoms with Crippen LogP contribution in [-0.2, 0) is 6.42 Å². The number of carbonyl (C=O) groups excluding carboxylic acids is 2. The Morgan fingerprint density at radius 1 is 1.02 bits per heavy atom. The molecule has 1 saturated heterocycles. The highest BCUT2D eigenvalue weighted by Gasteiger charge is 2.19. The zero-order valence-corrected chi connectivity index (χ0v) is 26.5. The number of nitrogens with zero attached hydrogens (tertiary/aromatic N) is 7. The molecule has 13 heteroatoms. The molecule has 0 aliphatic carbocycles. The van der Waals surface area contributed by atoms with Crippen molar-refractivity contribution in [2.24, 2.45) is 5.92 Å². The number of piperazine rings is 1. The van der Waals surface area contributed by atoms with E-state index in [0.29, 0.717) is 34.4 Å². The highest BCUT2D eigenvalue weighted by atomic mass is 16.2. The molecular formula is C33H39N11O2. The van der Waals surface area contributed by atoms with Crippen molar-refractivity contribution in [2.75, 3.05) is 56.3 Å². The molecule has 2 aromatic carbocycles. The smallest absolute Gasteiger partial charge is 0.271 e. The van der Waals surface area contributed by atoms with Crippen LogP contribution in [0.3, 0.4) is 0 Å². The van der Waals surface area contributed by atoms with E-state index in [1.54, 1.807) is 29.9 Å². The van der Waals surface area contributed by atoms with Crippen LogP contribution in [0.5, 0.6) is 0 Å². The summed E-state index contributed by atoms with van der Waals surface area (Å²) >= 11 is 0. The van der Waals surface area contributed by atoms with Gasteiger partial charge in [-0.15, -0.1) is 0 Å². The Balaban J connectivity index is 1.36. The lowest BCUT2D eigenvalue weighted by molar-refractivity contribution is 0.0956. The molecule has 13 nitrogen and oxygen atoms in total. The van der Waals surface area contributed by atoms with Crippen molar-refractivity contribution in [2.45, 2.75) is 26.7 Å². The first-order valence-electron chi connectivity index (χ1n) is 15.2. The van der Waals surface area contributed by atoms with E-state index in [1.807, 2.05) is 50.2 Å². The number of hydrogen-bond acceptors (Lipinski definition) is 10. The highest BCUT2D eigenvalue weighted by Crippen LogP contribution is 2.27. The minimum atomic E-state index is -0.339. The second-order valence-corrected chi connectivity index (χ2v) is 11.4. The molecule has 1 aliphatic heterocycles. The number of nitriles is 1. The van der Waals surface area contributed by atoms with Gasteiger partial charge in [-0.2, -0.15) is 15.0 Å². The molecule has 4 N–H and O–H groups in total. The van der Waals surface area contributed by atoms with Gasteiger partial charge in [0.25, 0.3) is 11.8 Å². The molecule has 2 aromatic heterocycles. The quantitative estimate of drug-likeness (QED) is 0.193. The second-order valence-electron chi connectivity index (χ2n) is 11.4. The Kier molecular flexibility index (Phi) is 10.2. The molecule has 0 spiro atoms. The molecule has 0 bridgehead atoms. The number of aromatic nitrogens is 4. The Bertz CT molecular complexity index is 1740. The van der Waals surface area contributed by atoms with E-state index in [0.717, 1.165) is 50.1 Å². The third-order valence-electron chi connectivity index (χ3n) is 7.85. The van der Waals surface area contributed by atoms with Crippen molar-refractivity contribution in [1.82, 2.24) is 35.0 Å². The number of carbonyl (C=O) groups is 2. The number of aryl methyl sites for hydroxylation is 2. The summed E-state index contributed by atoms with van der Waals surface area (Å²) in [6, 6.07) is 18.7. The van der Waals surface area contributed by atoms with Crippen LogP contribution in [0, 0.1) is 24.2 Å². The van der Waals surface area contributed by atoms with Crippen LogP contribution in [0.25, 0.3) is 5.82 Å². The lowest BCUT2D eigenvalue weighted by Crippen LogP contribution is -2.47. The molecule has 238 valence electrons. The summed E-state index contributed by atoms with van der Waals surface area (Å²) in [4.78, 5) is 36.9. The van der Waals surface area contributed by atoms with Gasteiger partial charge in [0.15, 0.2) is 11.5 Å². The van der Waals surface area contributed by atoms with Crippen LogP contribution < -0.4 is 21.4 Å². The Morgan fingerprint density at radius 3 is 2.59 bits per heavy atom. The van der Waals surface area contributed by atoms with E-state index < -0.39 is 0 Å². The predicted octanol–water partition coefficient (Wildman–Crippen LogP) is 3.99. The van der Waals surface area contributed by atoms with Crippen LogP contribution in [0.1, 0.15) is 45.3 Å². The molecule has 1 fully saturated rings. The monoisotopic (exact) mass is 621 g/mol. The molecule has 0 saturated carbocycles. The van der Waals surface area contributed by atoms with Crippen LogP contribution in [0.15, 0.2) is 60.9 Å². The number of nitrogens with one attached hydrogen (secondary N) is 4. The molecule has 4 aromatic rings. The maximum Gasteiger partial charge on any atom is 0.271 e. The minimum absolute atomic E-state index is 0.0464. The molecule has 1 aliphatic rings. The van der Waals surface area contributed by atoms with Crippen molar-refractivity contribution in [3.63, 3.8) is 0 Å². The normalized spacial score (nSPS) is 14.2. The SMILES string of the molecule is CNC(=O)c1cc(Nc2cc(NC(=O)c3cccc(CCC(C)C#N)c3)ccc2C)n(-c2cc(NN3CCN(C)CC3)ncn2)n1. The fourth-order valence-corrected chi connectivity index (χ4v) is 4.98. The molecule has 46 heavy (non-hydrogen) atoms. The molecule has 2 amide bonds. The minimum Gasteiger partial charge on any atom is -0.354 e. The van der Waals surface area contributed by atoms with E-state index in [4.69, 9.17) is 5.26 Å². The van der Waals surface area contributed by atoms with Gasteiger partial charge < -0.3 is 26.3 Å². The zero-order valence-electron chi connectivity index (χ0n) is 26.5. The third kappa shape index (κ3) is 8.03. The van der Waals surface area contributed by atoms with Crippen molar-refractivity contribution in [3.8, 4) is 11.9 Å². The molecule has 1 atom stereocenters. The summed E-state index contributed by atoms with van der Waals surface area (Å²) in [5.74, 6) is 0.966. The first kappa shape index (κ1) is 32.1. The number of anilines is 4. The maximum atomic E-state index is 13.2. The van der Waals surface area contributed by atoms with Gasteiger partial charge in [0.2, 0.25) is 0 Å². The van der Waals surface area contributed by atoms with Gasteiger partial charge >= 0.3 is 0 Å². The summed E-state index contributed by atoms with van der Waals surface area (Å²) in [5.41, 5.74) is 7.33. The van der Waals surface area contributed by atoms with Crippen molar-refractivity contribution < 1.29 is 9.59 Å². The second kappa shape index (κ2) is 14.6. The van der Waals surface area contributed by atoms with Gasteiger partial charge in [0.05, 0.1) is 6.07 Å². The molecule has 1 unspecified atom stereocenters. The summed E-state index contributed by atoms with van der Waals surface area (Å²) in [7, 11) is 3.65. The number of likely N-dealkylation sites (N-methyl/N-ethyl adjacent to an activating group) is 1. The summed E-state index contributed by atoms with van der Waals surface area (Å²) < 4.78 is 1.56. The largest absolute Gasteiger partial charge is 0.354 e. The van der Waals surface area contributed by atoms with Crippen LogP contribution in [0.4, 0.5) is 23.0 Å². The lowest BCUT2D eigenvalue weighted by Gasteiger charge is -2.32. The van der Waals surface area contributed by atoms with Crippen LogP contribution >= 0.6 is 0 Å². The van der Waals surface area contributed by atoms with Crippen molar-refractivity contribution in [3.05, 3.63) is 83.3 Å². The van der Waals surface area contributed by atoms with Gasteiger partial charge in [-0.1, -0.05) is 18.2 Å². The Labute approximate surface area is 268 Å². The third-order valence-corrected chi connectivity index (χ3v) is 7.85. The fraction of sp³-hybridized carbons (Fsp3) is 0.333. The van der Waals surface area contributed by atoms with E-state index in [-0.39, 0.29) is 23.4 Å². The maximum absolute atomic E-state index is 13.2. The lowest BCUT2D eigenvalue weighted by atomic mass is 10.0. The van der Waals surface area contributed by atoms with E-state index in [9.17, 15) is 9.59 Å². The molecule has 3 heterocycles. The summed E-state index contributed by atoms with van der Waals surface area (Å²) in [5, 5.41) is 24.7. The first-order chi connectivity index (χ1) is 22.2. The topological polar surface area (TPSA) is 156 Å². The van der Waals surface area contributed by atoms with E-state index >= 15 is 0 Å². The number of hydrazine groups is 1. The number of benzene rings is 2. The summed E-state index contributed by atoms with van der Waals surface area (Å²) in [6.45, 7) is 7.43. The predicted molar refractivity (Wildman–Crippen MR) is 177 cm³/mol. The molecule has 5 rings (SSSR count). The first-order valence-corrected chi connectivity index (χ1v) is 15.2. The average Bonchev–Trinajstić information content (AvgIpc) is 3.50. The van der Waals surface area contributed by atoms with E-state index in [2.05, 4.69) is 59.5 Å². The molecule has 0 radical (unpaired) electrons. The summed E-state index contributed by atoms with van der Waals surface area (Å²) in [6.07, 6.45) is 2.91. The van der Waals surface area contributed by atoms with Gasteiger partial charge in [-0.3, -0.25) is 9.59 Å². The zero-order chi connectivity index (χ0) is 32.6. The van der Waals surface area contributed by atoms with Gasteiger partial charge in [0, 0.05) is 68.2 Å². The number of amides is 2. The van der Waals surface area contributed by atoms with E-state index in [1.165, 1.54) is 6.33 Å². The number of hydrogen-bond donors (Lipinski definition) is 4. The van der Waals surface area contributed by atoms with Gasteiger partial charge in [-0.05, 0) is 69.1 Å². The van der Waals surface area contributed by atoms with Crippen molar-refractivity contribution in [1.29, 1.82) is 5.26 Å². The number of rotatable bonds is 11. The standard InChI is InChI=1S/C33H39N11O2/c1-22(20-34)8-10-24-6-5-7-25(16-24)32(45)38-26-11-9-23(2)27(17-26)39-31-18-28(33(46)35-3)40-44(31)30-19-29(36-21-37-30)41-43-14-12-42(4)13-15-43/h5-7,9,11,16-19,21-22,39H,8,10,12-15H2,1-4H3,(H,35,46)(H,38,45)(H,36,37,41). The van der Waals surface area contributed by atoms with Crippen molar-refractivity contribution >= 4 is 34.8 Å². The Morgan fingerprint density at radius 2 is 1.83 bits per heavy atom. The fourth-order valence-electron chi connectivity index (χ4n) is 4.98. The molecular weight excluding hydrogens is 582 g/mol. The highest BCUT2D eigenvalue weighted by molar-refractivity contribution is 6.04. The Hall–Kier alpha value is -5.32. The van der Waals surface area contributed by atoms with Gasteiger partial charge in [0.1, 0.15) is 18.0 Å². The average molecular weight is 622 g/mol. The van der Waals surface area contributed by atoms with Crippen LogP contribution in [0.2, 0.25) is 0 Å².